The Bertz CT molecular complexity index is 608. The van der Waals surface area contributed by atoms with Crippen molar-refractivity contribution in [2.75, 3.05) is 7.05 Å². The number of aryl methyl sites for hydroxylation is 3. The fourth-order valence-corrected chi connectivity index (χ4v) is 3.39. The van der Waals surface area contributed by atoms with Gasteiger partial charge in [0.05, 0.1) is 17.9 Å². The quantitative estimate of drug-likeness (QED) is 0.877. The maximum atomic E-state index is 4.54. The van der Waals surface area contributed by atoms with E-state index in [0.29, 0.717) is 6.04 Å². The number of hydrogen-bond donors (Lipinski definition) is 1. The Labute approximate surface area is 127 Å². The Morgan fingerprint density at radius 3 is 2.90 bits per heavy atom. The Hall–Kier alpha value is -1.55. The van der Waals surface area contributed by atoms with Gasteiger partial charge >= 0.3 is 0 Å². The van der Waals surface area contributed by atoms with Crippen molar-refractivity contribution in [3.63, 3.8) is 0 Å². The van der Waals surface area contributed by atoms with Gasteiger partial charge in [-0.25, -0.2) is 0 Å². The maximum absolute atomic E-state index is 4.54. The molecule has 0 fully saturated rings. The van der Waals surface area contributed by atoms with Gasteiger partial charge in [-0.1, -0.05) is 13.3 Å². The number of aromatic nitrogens is 3. The molecule has 0 saturated carbocycles. The van der Waals surface area contributed by atoms with Crippen LogP contribution in [0.1, 0.15) is 54.7 Å². The van der Waals surface area contributed by atoms with E-state index in [2.05, 4.69) is 47.4 Å². The van der Waals surface area contributed by atoms with E-state index in [-0.39, 0.29) is 0 Å². The zero-order valence-electron chi connectivity index (χ0n) is 13.4. The minimum Gasteiger partial charge on any atom is -0.348 e. The second kappa shape index (κ2) is 6.06. The molecule has 1 unspecified atom stereocenters. The number of fused-ring (bicyclic) bond motifs is 1. The summed E-state index contributed by atoms with van der Waals surface area (Å²) in [7, 11) is 4.12. The Kier molecular flexibility index (Phi) is 4.15. The van der Waals surface area contributed by atoms with E-state index in [1.165, 1.54) is 48.2 Å². The van der Waals surface area contributed by atoms with Crippen molar-refractivity contribution < 1.29 is 0 Å². The molecule has 0 radical (unpaired) electrons. The average Bonchev–Trinajstić information content (AvgIpc) is 2.98. The highest BCUT2D eigenvalue weighted by atomic mass is 15.3. The molecule has 0 bridgehead atoms. The third kappa shape index (κ3) is 2.91. The molecule has 1 atom stereocenters. The van der Waals surface area contributed by atoms with Crippen molar-refractivity contribution in [3.8, 4) is 0 Å². The van der Waals surface area contributed by atoms with E-state index in [1.807, 2.05) is 11.7 Å². The molecule has 114 valence electrons. The van der Waals surface area contributed by atoms with E-state index in [1.54, 1.807) is 0 Å². The van der Waals surface area contributed by atoms with Crippen molar-refractivity contribution in [2.45, 2.75) is 51.6 Å². The number of nitrogens with zero attached hydrogens (tertiary/aromatic N) is 3. The summed E-state index contributed by atoms with van der Waals surface area (Å²) in [5, 5.41) is 8.02. The van der Waals surface area contributed by atoms with Crippen molar-refractivity contribution in [1.29, 1.82) is 0 Å². The monoisotopic (exact) mass is 286 g/mol. The molecule has 21 heavy (non-hydrogen) atoms. The van der Waals surface area contributed by atoms with Crippen molar-refractivity contribution in [3.05, 3.63) is 41.0 Å². The second-order valence-electron chi connectivity index (χ2n) is 6.10. The van der Waals surface area contributed by atoms with Gasteiger partial charge in [-0.2, -0.15) is 5.10 Å². The number of rotatable bonds is 4. The molecule has 2 aromatic rings. The maximum Gasteiger partial charge on any atom is 0.0639 e. The lowest BCUT2D eigenvalue weighted by molar-refractivity contribution is 0.530. The average molecular weight is 286 g/mol. The van der Waals surface area contributed by atoms with Crippen LogP contribution >= 0.6 is 0 Å². The molecule has 0 aliphatic heterocycles. The first-order chi connectivity index (χ1) is 10.2. The van der Waals surface area contributed by atoms with Gasteiger partial charge < -0.3 is 9.88 Å². The van der Waals surface area contributed by atoms with Gasteiger partial charge in [0.1, 0.15) is 0 Å². The SMILES string of the molecule is CCc1cc(Cn2cc3c(c2)C(NC)CCCC3)n(C)n1. The van der Waals surface area contributed by atoms with Crippen LogP contribution in [0.2, 0.25) is 0 Å². The summed E-state index contributed by atoms with van der Waals surface area (Å²) in [5.74, 6) is 0. The molecule has 0 aromatic carbocycles. The van der Waals surface area contributed by atoms with Crippen molar-refractivity contribution in [1.82, 2.24) is 19.7 Å². The normalized spacial score (nSPS) is 18.5. The number of nitrogens with one attached hydrogen (secondary N) is 1. The highest BCUT2D eigenvalue weighted by Crippen LogP contribution is 2.29. The minimum absolute atomic E-state index is 0.515. The van der Waals surface area contributed by atoms with Gasteiger partial charge in [-0.05, 0) is 49.9 Å². The van der Waals surface area contributed by atoms with Crippen LogP contribution < -0.4 is 5.32 Å². The zero-order chi connectivity index (χ0) is 14.8. The first-order valence-electron chi connectivity index (χ1n) is 8.09. The lowest BCUT2D eigenvalue weighted by Crippen LogP contribution is -2.15. The van der Waals surface area contributed by atoms with E-state index in [9.17, 15) is 0 Å². The molecule has 2 aromatic heterocycles. The van der Waals surface area contributed by atoms with Crippen LogP contribution in [0.3, 0.4) is 0 Å². The van der Waals surface area contributed by atoms with Gasteiger partial charge in [-0.15, -0.1) is 0 Å². The predicted molar refractivity (Wildman–Crippen MR) is 85.5 cm³/mol. The molecule has 0 spiro atoms. The Morgan fingerprint density at radius 2 is 2.19 bits per heavy atom. The summed E-state index contributed by atoms with van der Waals surface area (Å²) in [6.07, 6.45) is 10.8. The van der Waals surface area contributed by atoms with Crippen molar-refractivity contribution >= 4 is 0 Å². The lowest BCUT2D eigenvalue weighted by Gasteiger charge is -2.13. The van der Waals surface area contributed by atoms with Gasteiger partial charge in [0.2, 0.25) is 0 Å². The van der Waals surface area contributed by atoms with Gasteiger partial charge in [0.25, 0.3) is 0 Å². The predicted octanol–water partition coefficient (Wildman–Crippen LogP) is 2.82. The van der Waals surface area contributed by atoms with Gasteiger partial charge in [-0.3, -0.25) is 4.68 Å². The first-order valence-corrected chi connectivity index (χ1v) is 8.09. The molecule has 1 aliphatic rings. The van der Waals surface area contributed by atoms with E-state index >= 15 is 0 Å². The lowest BCUT2D eigenvalue weighted by atomic mass is 10.1. The van der Waals surface area contributed by atoms with E-state index < -0.39 is 0 Å². The van der Waals surface area contributed by atoms with Crippen LogP contribution in [-0.4, -0.2) is 21.4 Å². The fraction of sp³-hybridized carbons (Fsp3) is 0.588. The molecule has 4 nitrogen and oxygen atoms in total. The summed E-state index contributed by atoms with van der Waals surface area (Å²) in [4.78, 5) is 0. The van der Waals surface area contributed by atoms with Crippen LogP contribution in [0.15, 0.2) is 18.5 Å². The van der Waals surface area contributed by atoms with E-state index in [4.69, 9.17) is 0 Å². The molecule has 3 rings (SSSR count). The fourth-order valence-electron chi connectivity index (χ4n) is 3.39. The molecular weight excluding hydrogens is 260 g/mol. The Morgan fingerprint density at radius 1 is 1.33 bits per heavy atom. The molecule has 1 N–H and O–H groups in total. The van der Waals surface area contributed by atoms with Crippen LogP contribution in [0.25, 0.3) is 0 Å². The third-order valence-electron chi connectivity index (χ3n) is 4.64. The molecular formula is C17H26N4. The zero-order valence-corrected chi connectivity index (χ0v) is 13.4. The number of hydrogen-bond acceptors (Lipinski definition) is 2. The summed E-state index contributed by atoms with van der Waals surface area (Å²) in [6.45, 7) is 3.06. The molecule has 4 heteroatoms. The Balaban J connectivity index is 1.85. The minimum atomic E-state index is 0.515. The summed E-state index contributed by atoms with van der Waals surface area (Å²) in [6, 6.07) is 2.74. The molecule has 2 heterocycles. The molecule has 0 saturated heterocycles. The van der Waals surface area contributed by atoms with Crippen LogP contribution in [-0.2, 0) is 26.4 Å². The second-order valence-corrected chi connectivity index (χ2v) is 6.10. The van der Waals surface area contributed by atoms with Gasteiger partial charge in [0.15, 0.2) is 0 Å². The standard InChI is InChI=1S/C17H26N4/c1-4-14-9-15(20(3)19-14)11-21-10-13-7-5-6-8-17(18-2)16(13)12-21/h9-10,12,17-18H,4-8,11H2,1-3H3. The highest BCUT2D eigenvalue weighted by Gasteiger charge is 2.19. The van der Waals surface area contributed by atoms with E-state index in [0.717, 1.165) is 13.0 Å². The smallest absolute Gasteiger partial charge is 0.0639 e. The highest BCUT2D eigenvalue weighted by molar-refractivity contribution is 5.29. The first kappa shape index (κ1) is 14.4. The topological polar surface area (TPSA) is 34.8 Å². The summed E-state index contributed by atoms with van der Waals surface area (Å²) in [5.41, 5.74) is 5.46. The van der Waals surface area contributed by atoms with Crippen LogP contribution in [0.5, 0.6) is 0 Å². The van der Waals surface area contributed by atoms with Crippen LogP contribution in [0, 0.1) is 0 Å². The summed E-state index contributed by atoms with van der Waals surface area (Å²) < 4.78 is 4.34. The largest absolute Gasteiger partial charge is 0.348 e. The molecule has 1 aliphatic carbocycles. The summed E-state index contributed by atoms with van der Waals surface area (Å²) >= 11 is 0. The van der Waals surface area contributed by atoms with Crippen molar-refractivity contribution in [2.24, 2.45) is 7.05 Å². The molecule has 0 amide bonds. The third-order valence-corrected chi connectivity index (χ3v) is 4.64. The van der Waals surface area contributed by atoms with Gasteiger partial charge in [0, 0.05) is 25.5 Å². The van der Waals surface area contributed by atoms with Crippen LogP contribution in [0.4, 0.5) is 0 Å².